The lowest BCUT2D eigenvalue weighted by Crippen LogP contribution is -2.39. The van der Waals surface area contributed by atoms with Crippen molar-refractivity contribution in [2.75, 3.05) is 37.6 Å². The number of nitrogens with two attached hydrogens (primary N) is 3. The second-order valence-electron chi connectivity index (χ2n) is 18.3. The molecule has 10 rings (SSSR count). The minimum Gasteiger partial charge on any atom is -0.460 e. The van der Waals surface area contributed by atoms with Gasteiger partial charge in [-0.2, -0.15) is 0 Å². The Balaban J connectivity index is 0.000000164. The van der Waals surface area contributed by atoms with Crippen LogP contribution >= 0.6 is 0 Å². The topological polar surface area (TPSA) is 163 Å². The number of anilines is 2. The number of carbonyl (C=O) groups excluding carboxylic acids is 1. The summed E-state index contributed by atoms with van der Waals surface area (Å²) in [4.78, 5) is 25.9. The van der Waals surface area contributed by atoms with Crippen LogP contribution in [0.2, 0.25) is 0 Å². The molecular formula is C52H57N7O4. The molecule has 63 heavy (non-hydrogen) atoms. The number of hydrogen-bond acceptors (Lipinski definition) is 11. The number of esters is 1. The van der Waals surface area contributed by atoms with Crippen LogP contribution in [0.25, 0.3) is 66.1 Å². The Kier molecular flexibility index (Phi) is 11.9. The molecule has 11 nitrogen and oxygen atoms in total. The minimum atomic E-state index is -0.428. The number of nitrogen functional groups attached to an aromatic ring is 2. The fraction of sp³-hybridized carbons (Fsp3) is 0.327. The Hall–Kier alpha value is -6.27. The summed E-state index contributed by atoms with van der Waals surface area (Å²) in [5.41, 5.74) is 26.0. The second kappa shape index (κ2) is 17.8. The summed E-state index contributed by atoms with van der Waals surface area (Å²) in [5.74, 6) is 1.92. The molecule has 6 heterocycles. The molecule has 0 aliphatic carbocycles. The van der Waals surface area contributed by atoms with Gasteiger partial charge in [0.25, 0.3) is 0 Å². The van der Waals surface area contributed by atoms with E-state index in [0.717, 1.165) is 154 Å². The molecule has 0 spiro atoms. The number of fused-ring (bicyclic) bond motifs is 4. The van der Waals surface area contributed by atoms with Crippen molar-refractivity contribution in [2.45, 2.75) is 77.6 Å². The van der Waals surface area contributed by atoms with Crippen LogP contribution in [0.3, 0.4) is 0 Å². The average molecular weight is 844 g/mol. The number of benzene rings is 4. The number of piperidine rings is 2. The standard InChI is InChI=1S/C29H33N3O3.C23H24N4O/c1-29(2,3)35-28(33)12-19-8-10-32(11-9-19)18-22-13-23-21(14-25(22)30)16-31-17-24(23)27-15-20-6-4-5-7-26(20)34-27;24-18-5-7-27(8-6-18)14-17-9-19-16(10-21(17)25)12-26-13-20(19)23-11-15-3-1-2-4-22(15)28-23/h4-7,13-17,19H,8-12,18,30H2,1-3H3;1-4,9-13,18H,5-8,14,24-25H2. The minimum absolute atomic E-state index is 0.0959. The predicted octanol–water partition coefficient (Wildman–Crippen LogP) is 10.3. The summed E-state index contributed by atoms with van der Waals surface area (Å²) >= 11 is 0. The Labute approximate surface area is 368 Å². The van der Waals surface area contributed by atoms with Crippen LogP contribution in [0.15, 0.2) is 119 Å². The van der Waals surface area contributed by atoms with Crippen LogP contribution in [0.4, 0.5) is 11.4 Å². The highest BCUT2D eigenvalue weighted by atomic mass is 16.6. The van der Waals surface area contributed by atoms with Crippen molar-refractivity contribution in [1.82, 2.24) is 19.8 Å². The summed E-state index contributed by atoms with van der Waals surface area (Å²) in [6.07, 6.45) is 12.0. The molecule has 0 unspecified atom stereocenters. The van der Waals surface area contributed by atoms with Crippen LogP contribution in [0, 0.1) is 5.92 Å². The lowest BCUT2D eigenvalue weighted by Gasteiger charge is -2.32. The van der Waals surface area contributed by atoms with Crippen molar-refractivity contribution in [2.24, 2.45) is 11.7 Å². The van der Waals surface area contributed by atoms with E-state index in [1.54, 1.807) is 0 Å². The van der Waals surface area contributed by atoms with E-state index in [1.165, 1.54) is 0 Å². The highest BCUT2D eigenvalue weighted by Crippen LogP contribution is 2.37. The maximum Gasteiger partial charge on any atom is 0.306 e. The molecular weight excluding hydrogens is 787 g/mol. The zero-order valence-corrected chi connectivity index (χ0v) is 36.5. The number of para-hydroxylation sites is 2. The van der Waals surface area contributed by atoms with Gasteiger partial charge in [0.15, 0.2) is 0 Å². The molecule has 2 aliphatic heterocycles. The number of furan rings is 2. The normalized spacial score (nSPS) is 15.9. The van der Waals surface area contributed by atoms with Crippen LogP contribution in [-0.4, -0.2) is 63.6 Å². The summed E-state index contributed by atoms with van der Waals surface area (Å²) in [5, 5.41) is 6.40. The maximum atomic E-state index is 12.2. The largest absolute Gasteiger partial charge is 0.460 e. The van der Waals surface area contributed by atoms with E-state index in [9.17, 15) is 4.79 Å². The number of ether oxygens (including phenoxy) is 1. The molecule has 2 aliphatic rings. The van der Waals surface area contributed by atoms with Gasteiger partial charge >= 0.3 is 5.97 Å². The van der Waals surface area contributed by atoms with E-state index in [2.05, 4.69) is 56.2 Å². The Morgan fingerprint density at radius 1 is 0.651 bits per heavy atom. The molecule has 0 amide bonds. The molecule has 11 heteroatoms. The summed E-state index contributed by atoms with van der Waals surface area (Å²) in [6, 6.07) is 29.0. The third-order valence-electron chi connectivity index (χ3n) is 12.4. The predicted molar refractivity (Wildman–Crippen MR) is 254 cm³/mol. The van der Waals surface area contributed by atoms with Gasteiger partial charge in [0.05, 0.1) is 0 Å². The van der Waals surface area contributed by atoms with E-state index >= 15 is 0 Å². The maximum absolute atomic E-state index is 12.2. The van der Waals surface area contributed by atoms with Gasteiger partial charge in [0, 0.05) is 94.4 Å². The van der Waals surface area contributed by atoms with Crippen LogP contribution in [0.1, 0.15) is 64.0 Å². The van der Waals surface area contributed by atoms with Gasteiger partial charge in [0.1, 0.15) is 28.3 Å². The number of hydrogen-bond donors (Lipinski definition) is 3. The van der Waals surface area contributed by atoms with E-state index < -0.39 is 5.60 Å². The van der Waals surface area contributed by atoms with Crippen LogP contribution in [-0.2, 0) is 22.6 Å². The van der Waals surface area contributed by atoms with E-state index in [0.29, 0.717) is 18.4 Å². The van der Waals surface area contributed by atoms with Gasteiger partial charge in [-0.05, 0) is 149 Å². The number of likely N-dealkylation sites (tertiary alicyclic amines) is 2. The van der Waals surface area contributed by atoms with Crippen LogP contribution < -0.4 is 17.2 Å². The van der Waals surface area contributed by atoms with E-state index in [1.807, 2.05) is 94.1 Å². The zero-order chi connectivity index (χ0) is 43.7. The first-order valence-corrected chi connectivity index (χ1v) is 22.1. The lowest BCUT2D eigenvalue weighted by atomic mass is 9.93. The third-order valence-corrected chi connectivity index (χ3v) is 12.4. The fourth-order valence-electron chi connectivity index (χ4n) is 9.02. The summed E-state index contributed by atoms with van der Waals surface area (Å²) in [7, 11) is 0. The first kappa shape index (κ1) is 42.1. The molecule has 8 aromatic rings. The SMILES string of the molecule is CC(C)(C)OC(=O)CC1CCN(Cc2cc3c(-c4cc5ccccc5o4)cncc3cc2N)CC1.Nc1cc2cncc(-c3cc4ccccc4o3)c2cc1CN1CCC(N)CC1. The number of carbonyl (C=O) groups is 1. The first-order chi connectivity index (χ1) is 30.4. The lowest BCUT2D eigenvalue weighted by molar-refractivity contribution is -0.156. The molecule has 2 saturated heterocycles. The zero-order valence-electron chi connectivity index (χ0n) is 36.5. The van der Waals surface area contributed by atoms with Crippen molar-refractivity contribution in [3.63, 3.8) is 0 Å². The van der Waals surface area contributed by atoms with Gasteiger partial charge < -0.3 is 30.8 Å². The van der Waals surface area contributed by atoms with Gasteiger partial charge in [-0.1, -0.05) is 36.4 Å². The molecule has 6 N–H and O–H groups in total. The smallest absolute Gasteiger partial charge is 0.306 e. The Morgan fingerprint density at radius 3 is 1.57 bits per heavy atom. The molecule has 2 fully saturated rings. The van der Waals surface area contributed by atoms with E-state index in [-0.39, 0.29) is 5.97 Å². The Morgan fingerprint density at radius 2 is 1.11 bits per heavy atom. The quantitative estimate of drug-likeness (QED) is 0.0985. The van der Waals surface area contributed by atoms with Crippen molar-refractivity contribution in [3.8, 4) is 22.6 Å². The van der Waals surface area contributed by atoms with Crippen molar-refractivity contribution < 1.29 is 18.4 Å². The fourth-order valence-corrected chi connectivity index (χ4v) is 9.02. The van der Waals surface area contributed by atoms with Gasteiger partial charge in [-0.3, -0.25) is 24.6 Å². The average Bonchev–Trinajstić information content (AvgIpc) is 3.90. The molecule has 0 atom stereocenters. The second-order valence-corrected chi connectivity index (χ2v) is 18.3. The Bertz CT molecular complexity index is 2830. The van der Waals surface area contributed by atoms with Gasteiger partial charge in [-0.25, -0.2) is 0 Å². The van der Waals surface area contributed by atoms with Gasteiger partial charge in [0.2, 0.25) is 0 Å². The van der Waals surface area contributed by atoms with Crippen molar-refractivity contribution >= 4 is 60.8 Å². The van der Waals surface area contributed by atoms with Crippen molar-refractivity contribution in [3.05, 3.63) is 121 Å². The molecule has 4 aromatic carbocycles. The van der Waals surface area contributed by atoms with Gasteiger partial charge in [-0.15, -0.1) is 0 Å². The molecule has 0 radical (unpaired) electrons. The number of nitrogens with zero attached hydrogens (tertiary/aromatic N) is 4. The summed E-state index contributed by atoms with van der Waals surface area (Å²) < 4.78 is 17.7. The molecule has 324 valence electrons. The van der Waals surface area contributed by atoms with Crippen LogP contribution in [0.5, 0.6) is 0 Å². The summed E-state index contributed by atoms with van der Waals surface area (Å²) in [6.45, 7) is 11.3. The molecule has 4 aromatic heterocycles. The van der Waals surface area contributed by atoms with Crippen molar-refractivity contribution in [1.29, 1.82) is 0 Å². The molecule has 0 bridgehead atoms. The number of rotatable bonds is 8. The number of pyridine rings is 2. The third kappa shape index (κ3) is 9.71. The van der Waals surface area contributed by atoms with E-state index in [4.69, 9.17) is 30.8 Å². The first-order valence-electron chi connectivity index (χ1n) is 22.1. The highest BCUT2D eigenvalue weighted by Gasteiger charge is 2.25. The monoisotopic (exact) mass is 843 g/mol. The number of aromatic nitrogens is 2. The highest BCUT2D eigenvalue weighted by molar-refractivity contribution is 6.00. The molecule has 0 saturated carbocycles.